The van der Waals surface area contributed by atoms with Crippen molar-refractivity contribution in [2.45, 2.75) is 33.0 Å². The van der Waals surface area contributed by atoms with Gasteiger partial charge in [-0.25, -0.2) is 4.79 Å². The molecule has 0 fully saturated rings. The minimum Gasteiger partial charge on any atom is -0.497 e. The van der Waals surface area contributed by atoms with Crippen molar-refractivity contribution >= 4 is 5.97 Å². The van der Waals surface area contributed by atoms with Crippen molar-refractivity contribution in [1.29, 1.82) is 0 Å². The van der Waals surface area contributed by atoms with Crippen LogP contribution < -0.4 is 4.74 Å². The highest BCUT2D eigenvalue weighted by molar-refractivity contribution is 5.90. The van der Waals surface area contributed by atoms with Gasteiger partial charge in [-0.3, -0.25) is 0 Å². The second kappa shape index (κ2) is 7.13. The minimum atomic E-state index is -0.398. The SMILES string of the molecule is CCOC1CCC(OC(=O)c2ccc(OC)cc2)=C(C)O1. The predicted molar refractivity (Wildman–Crippen MR) is 76.8 cm³/mol. The Morgan fingerprint density at radius 2 is 2.05 bits per heavy atom. The van der Waals surface area contributed by atoms with Crippen LogP contribution in [0.15, 0.2) is 35.8 Å². The van der Waals surface area contributed by atoms with Gasteiger partial charge in [-0.2, -0.15) is 0 Å². The second-order valence-electron chi connectivity index (χ2n) is 4.64. The highest BCUT2D eigenvalue weighted by Gasteiger charge is 2.23. The van der Waals surface area contributed by atoms with Crippen molar-refractivity contribution in [1.82, 2.24) is 0 Å². The molecule has 2 rings (SSSR count). The van der Waals surface area contributed by atoms with E-state index in [1.165, 1.54) is 0 Å². The molecule has 1 heterocycles. The standard InChI is InChI=1S/C16H20O5/c1-4-19-15-10-9-14(11(2)20-15)21-16(17)12-5-7-13(18-3)8-6-12/h5-8,15H,4,9-10H2,1-3H3. The van der Waals surface area contributed by atoms with Crippen molar-refractivity contribution in [2.75, 3.05) is 13.7 Å². The topological polar surface area (TPSA) is 54.0 Å². The lowest BCUT2D eigenvalue weighted by Crippen LogP contribution is -2.23. The van der Waals surface area contributed by atoms with Gasteiger partial charge < -0.3 is 18.9 Å². The Morgan fingerprint density at radius 1 is 1.33 bits per heavy atom. The molecule has 1 aliphatic heterocycles. The summed E-state index contributed by atoms with van der Waals surface area (Å²) in [7, 11) is 1.58. The van der Waals surface area contributed by atoms with Crippen LogP contribution in [0.25, 0.3) is 0 Å². The number of hydrogen-bond donors (Lipinski definition) is 0. The van der Waals surface area contributed by atoms with Crippen LogP contribution in [0.4, 0.5) is 0 Å². The number of benzene rings is 1. The van der Waals surface area contributed by atoms with Crippen LogP contribution in [0.3, 0.4) is 0 Å². The van der Waals surface area contributed by atoms with E-state index in [0.29, 0.717) is 42.3 Å². The molecule has 0 N–H and O–H groups in total. The first-order valence-corrected chi connectivity index (χ1v) is 6.98. The van der Waals surface area contributed by atoms with Crippen LogP contribution in [0.1, 0.15) is 37.0 Å². The van der Waals surface area contributed by atoms with Crippen molar-refractivity contribution in [3.8, 4) is 5.75 Å². The number of methoxy groups -OCH3 is 1. The summed E-state index contributed by atoms with van der Waals surface area (Å²) in [5.41, 5.74) is 0.475. The van der Waals surface area contributed by atoms with E-state index < -0.39 is 5.97 Å². The summed E-state index contributed by atoms with van der Waals surface area (Å²) in [5, 5.41) is 0. The molecule has 0 radical (unpaired) electrons. The summed E-state index contributed by atoms with van der Waals surface area (Å²) in [6.07, 6.45) is 1.05. The van der Waals surface area contributed by atoms with Gasteiger partial charge in [-0.05, 0) is 38.1 Å². The van der Waals surface area contributed by atoms with Crippen LogP contribution >= 0.6 is 0 Å². The summed E-state index contributed by atoms with van der Waals surface area (Å²) in [6.45, 7) is 4.29. The lowest BCUT2D eigenvalue weighted by atomic mass is 10.2. The zero-order chi connectivity index (χ0) is 15.2. The monoisotopic (exact) mass is 292 g/mol. The Hall–Kier alpha value is -2.01. The number of carbonyl (C=O) groups excluding carboxylic acids is 1. The maximum absolute atomic E-state index is 12.1. The third-order valence-corrected chi connectivity index (χ3v) is 3.20. The van der Waals surface area contributed by atoms with Crippen molar-refractivity contribution < 1.29 is 23.7 Å². The summed E-state index contributed by atoms with van der Waals surface area (Å²) in [5.74, 6) is 1.46. The van der Waals surface area contributed by atoms with E-state index in [2.05, 4.69) is 0 Å². The fourth-order valence-electron chi connectivity index (χ4n) is 2.07. The van der Waals surface area contributed by atoms with Crippen molar-refractivity contribution in [3.05, 3.63) is 41.3 Å². The van der Waals surface area contributed by atoms with Gasteiger partial charge in [0, 0.05) is 19.4 Å². The number of carbonyl (C=O) groups is 1. The summed E-state index contributed by atoms with van der Waals surface area (Å²) in [6, 6.07) is 6.79. The molecular weight excluding hydrogens is 272 g/mol. The average molecular weight is 292 g/mol. The van der Waals surface area contributed by atoms with Crippen LogP contribution in [0.5, 0.6) is 5.75 Å². The Balaban J connectivity index is 2.00. The van der Waals surface area contributed by atoms with E-state index in [-0.39, 0.29) is 6.29 Å². The second-order valence-corrected chi connectivity index (χ2v) is 4.64. The van der Waals surface area contributed by atoms with Gasteiger partial charge in [-0.1, -0.05) is 0 Å². The van der Waals surface area contributed by atoms with Crippen LogP contribution in [0, 0.1) is 0 Å². The normalized spacial score (nSPS) is 18.1. The molecule has 0 saturated carbocycles. The molecule has 0 bridgehead atoms. The maximum atomic E-state index is 12.1. The third-order valence-electron chi connectivity index (χ3n) is 3.20. The lowest BCUT2D eigenvalue weighted by Gasteiger charge is -2.25. The molecule has 0 saturated heterocycles. The maximum Gasteiger partial charge on any atom is 0.343 e. The third kappa shape index (κ3) is 3.98. The van der Waals surface area contributed by atoms with Gasteiger partial charge in [0.05, 0.1) is 12.7 Å². The molecule has 1 aromatic rings. The Bertz CT molecular complexity index is 518. The van der Waals surface area contributed by atoms with Gasteiger partial charge >= 0.3 is 5.97 Å². The fraction of sp³-hybridized carbons (Fsp3) is 0.438. The summed E-state index contributed by atoms with van der Waals surface area (Å²) >= 11 is 0. The molecule has 5 heteroatoms. The predicted octanol–water partition coefficient (Wildman–Crippen LogP) is 3.26. The Labute approximate surface area is 124 Å². The molecule has 0 amide bonds. The zero-order valence-electron chi connectivity index (χ0n) is 12.5. The first kappa shape index (κ1) is 15.4. The lowest BCUT2D eigenvalue weighted by molar-refractivity contribution is -0.128. The van der Waals surface area contributed by atoms with E-state index in [9.17, 15) is 4.79 Å². The number of hydrogen-bond acceptors (Lipinski definition) is 5. The molecule has 1 unspecified atom stereocenters. The molecule has 21 heavy (non-hydrogen) atoms. The fourth-order valence-corrected chi connectivity index (χ4v) is 2.07. The zero-order valence-corrected chi connectivity index (χ0v) is 12.5. The van der Waals surface area contributed by atoms with Crippen molar-refractivity contribution in [3.63, 3.8) is 0 Å². The molecule has 1 atom stereocenters. The van der Waals surface area contributed by atoms with Crippen LogP contribution in [-0.2, 0) is 14.2 Å². The van der Waals surface area contributed by atoms with Gasteiger partial charge in [0.1, 0.15) is 17.3 Å². The minimum absolute atomic E-state index is 0.251. The van der Waals surface area contributed by atoms with Crippen LogP contribution in [0.2, 0.25) is 0 Å². The van der Waals surface area contributed by atoms with Gasteiger partial charge in [-0.15, -0.1) is 0 Å². The average Bonchev–Trinajstić information content (AvgIpc) is 2.50. The van der Waals surface area contributed by atoms with E-state index in [1.807, 2.05) is 6.92 Å². The number of esters is 1. The van der Waals surface area contributed by atoms with Gasteiger partial charge in [0.15, 0.2) is 6.29 Å². The molecule has 114 valence electrons. The number of ether oxygens (including phenoxy) is 4. The van der Waals surface area contributed by atoms with Gasteiger partial charge in [0.25, 0.3) is 0 Å². The van der Waals surface area contributed by atoms with Gasteiger partial charge in [0.2, 0.25) is 0 Å². The molecule has 1 aliphatic rings. The van der Waals surface area contributed by atoms with E-state index in [4.69, 9.17) is 18.9 Å². The molecule has 5 nitrogen and oxygen atoms in total. The Morgan fingerprint density at radius 3 is 2.62 bits per heavy atom. The quantitative estimate of drug-likeness (QED) is 0.780. The largest absolute Gasteiger partial charge is 0.497 e. The first-order chi connectivity index (χ1) is 10.1. The van der Waals surface area contributed by atoms with Crippen molar-refractivity contribution in [2.24, 2.45) is 0 Å². The molecular formula is C16H20O5. The first-order valence-electron chi connectivity index (χ1n) is 6.98. The summed E-state index contributed by atoms with van der Waals surface area (Å²) in [4.78, 5) is 12.1. The van der Waals surface area contributed by atoms with E-state index in [0.717, 1.165) is 0 Å². The highest BCUT2D eigenvalue weighted by atomic mass is 16.7. The number of rotatable bonds is 5. The van der Waals surface area contributed by atoms with E-state index >= 15 is 0 Å². The molecule has 0 aliphatic carbocycles. The van der Waals surface area contributed by atoms with Crippen LogP contribution in [-0.4, -0.2) is 26.0 Å². The molecule has 0 spiro atoms. The highest BCUT2D eigenvalue weighted by Crippen LogP contribution is 2.26. The molecule has 1 aromatic carbocycles. The van der Waals surface area contributed by atoms with E-state index in [1.54, 1.807) is 38.3 Å². The molecule has 0 aromatic heterocycles. The summed E-state index contributed by atoms with van der Waals surface area (Å²) < 4.78 is 21.4. The Kier molecular flexibility index (Phi) is 5.22. The number of allylic oxidation sites excluding steroid dienone is 2. The smallest absolute Gasteiger partial charge is 0.343 e.